The van der Waals surface area contributed by atoms with Gasteiger partial charge >= 0.3 is 0 Å². The second kappa shape index (κ2) is 2.76. The number of carbonyl (C=O) groups excluding carboxylic acids is 1. The van der Waals surface area contributed by atoms with Crippen molar-refractivity contribution in [2.75, 3.05) is 0 Å². The van der Waals surface area contributed by atoms with Crippen LogP contribution in [-0.2, 0) is 9.53 Å². The number of epoxide rings is 1. The average molecular weight is 177 g/mol. The van der Waals surface area contributed by atoms with E-state index in [1.54, 1.807) is 0 Å². The second-order valence-electron chi connectivity index (χ2n) is 3.18. The molecule has 0 amide bonds. The topological polar surface area (TPSA) is 29.6 Å². The molecule has 1 fully saturated rings. The van der Waals surface area contributed by atoms with Crippen molar-refractivity contribution >= 4 is 17.4 Å². The zero-order valence-electron chi connectivity index (χ0n) is 7.06. The standard InChI is InChI=1S/C8H13ClO2/c1-4-6-8(9,11-6)7(10)5(2)3/h5-6H,4H2,1-3H3. The summed E-state index contributed by atoms with van der Waals surface area (Å²) in [6.07, 6.45) is 0.751. The van der Waals surface area contributed by atoms with Gasteiger partial charge in [0.05, 0.1) is 0 Å². The van der Waals surface area contributed by atoms with E-state index in [0.717, 1.165) is 6.42 Å². The number of hydrogen-bond acceptors (Lipinski definition) is 2. The van der Waals surface area contributed by atoms with Crippen LogP contribution in [0.2, 0.25) is 0 Å². The molecule has 1 saturated heterocycles. The van der Waals surface area contributed by atoms with Gasteiger partial charge in [0.1, 0.15) is 6.10 Å². The molecule has 1 aliphatic rings. The zero-order chi connectivity index (χ0) is 8.65. The van der Waals surface area contributed by atoms with E-state index in [1.807, 2.05) is 20.8 Å². The fourth-order valence-corrected chi connectivity index (χ4v) is 1.61. The minimum absolute atomic E-state index is 0.00557. The Bertz CT molecular complexity index is 179. The third-order valence-corrected chi connectivity index (χ3v) is 2.42. The first-order chi connectivity index (χ1) is 5.02. The lowest BCUT2D eigenvalue weighted by Crippen LogP contribution is -2.25. The molecule has 0 aromatic carbocycles. The Kier molecular flexibility index (Phi) is 2.26. The van der Waals surface area contributed by atoms with Crippen LogP contribution in [0, 0.1) is 5.92 Å². The maximum Gasteiger partial charge on any atom is 0.227 e. The highest BCUT2D eigenvalue weighted by molar-refractivity contribution is 6.36. The number of Topliss-reactive ketones (excluding diaryl/α,β-unsaturated/α-hetero) is 1. The van der Waals surface area contributed by atoms with Crippen molar-refractivity contribution in [1.29, 1.82) is 0 Å². The lowest BCUT2D eigenvalue weighted by Gasteiger charge is -2.05. The molecule has 0 aromatic heterocycles. The Hall–Kier alpha value is -0.0800. The minimum atomic E-state index is -0.969. The minimum Gasteiger partial charge on any atom is -0.342 e. The van der Waals surface area contributed by atoms with Crippen LogP contribution in [0.25, 0.3) is 0 Å². The first-order valence-electron chi connectivity index (χ1n) is 3.93. The third-order valence-electron chi connectivity index (χ3n) is 1.90. The summed E-state index contributed by atoms with van der Waals surface area (Å²) in [4.78, 5) is 11.3. The number of carbonyl (C=O) groups is 1. The van der Waals surface area contributed by atoms with Crippen molar-refractivity contribution in [2.24, 2.45) is 5.92 Å². The van der Waals surface area contributed by atoms with Crippen LogP contribution in [0.1, 0.15) is 27.2 Å². The molecule has 1 aliphatic heterocycles. The zero-order valence-corrected chi connectivity index (χ0v) is 7.81. The molecule has 2 unspecified atom stereocenters. The van der Waals surface area contributed by atoms with Crippen molar-refractivity contribution in [3.8, 4) is 0 Å². The molecule has 64 valence electrons. The SMILES string of the molecule is CCC1OC1(Cl)C(=O)C(C)C. The summed E-state index contributed by atoms with van der Waals surface area (Å²) in [5.74, 6) is -0.0323. The Morgan fingerprint density at radius 1 is 1.73 bits per heavy atom. The van der Waals surface area contributed by atoms with Gasteiger partial charge in [-0.2, -0.15) is 0 Å². The Labute approximate surface area is 71.9 Å². The highest BCUT2D eigenvalue weighted by atomic mass is 35.5. The van der Waals surface area contributed by atoms with Crippen LogP contribution < -0.4 is 0 Å². The van der Waals surface area contributed by atoms with Gasteiger partial charge < -0.3 is 4.74 Å². The van der Waals surface area contributed by atoms with Gasteiger partial charge in [-0.15, -0.1) is 0 Å². The van der Waals surface area contributed by atoms with Gasteiger partial charge in [-0.3, -0.25) is 4.79 Å². The van der Waals surface area contributed by atoms with Crippen LogP contribution in [0.5, 0.6) is 0 Å². The molecule has 0 saturated carbocycles. The van der Waals surface area contributed by atoms with Crippen molar-refractivity contribution in [1.82, 2.24) is 0 Å². The van der Waals surface area contributed by atoms with E-state index in [-0.39, 0.29) is 17.8 Å². The van der Waals surface area contributed by atoms with Crippen LogP contribution in [0.4, 0.5) is 0 Å². The predicted molar refractivity (Wildman–Crippen MR) is 43.6 cm³/mol. The average Bonchev–Trinajstić information content (AvgIpc) is 2.61. The van der Waals surface area contributed by atoms with Crippen LogP contribution in [0.15, 0.2) is 0 Å². The fourth-order valence-electron chi connectivity index (χ4n) is 1.13. The number of rotatable bonds is 3. The number of ketones is 1. The van der Waals surface area contributed by atoms with Gasteiger partial charge in [0.15, 0.2) is 5.78 Å². The van der Waals surface area contributed by atoms with E-state index < -0.39 is 5.06 Å². The van der Waals surface area contributed by atoms with Crippen molar-refractivity contribution < 1.29 is 9.53 Å². The van der Waals surface area contributed by atoms with Gasteiger partial charge in [-0.05, 0) is 6.42 Å². The van der Waals surface area contributed by atoms with E-state index >= 15 is 0 Å². The molecule has 2 nitrogen and oxygen atoms in total. The Morgan fingerprint density at radius 2 is 2.27 bits per heavy atom. The van der Waals surface area contributed by atoms with Gasteiger partial charge in [0, 0.05) is 5.92 Å². The monoisotopic (exact) mass is 176 g/mol. The molecule has 2 atom stereocenters. The predicted octanol–water partition coefficient (Wildman–Crippen LogP) is 1.96. The molecule has 11 heavy (non-hydrogen) atoms. The van der Waals surface area contributed by atoms with Crippen LogP contribution in [-0.4, -0.2) is 16.9 Å². The van der Waals surface area contributed by atoms with E-state index in [1.165, 1.54) is 0 Å². The molecule has 1 heterocycles. The van der Waals surface area contributed by atoms with E-state index in [0.29, 0.717) is 0 Å². The summed E-state index contributed by atoms with van der Waals surface area (Å²) >= 11 is 5.88. The molecule has 0 spiro atoms. The van der Waals surface area contributed by atoms with E-state index in [9.17, 15) is 4.79 Å². The quantitative estimate of drug-likeness (QED) is 0.486. The number of alkyl halides is 1. The number of hydrogen-bond donors (Lipinski definition) is 0. The molecule has 1 rings (SSSR count). The number of halogens is 1. The molecular formula is C8H13ClO2. The van der Waals surface area contributed by atoms with Crippen molar-refractivity contribution in [3.05, 3.63) is 0 Å². The normalized spacial score (nSPS) is 35.9. The first kappa shape index (κ1) is 9.01. The third kappa shape index (κ3) is 1.42. The van der Waals surface area contributed by atoms with Gasteiger partial charge in [0.2, 0.25) is 5.06 Å². The summed E-state index contributed by atoms with van der Waals surface area (Å²) in [5, 5.41) is -0.969. The van der Waals surface area contributed by atoms with Gasteiger partial charge in [-0.1, -0.05) is 32.4 Å². The van der Waals surface area contributed by atoms with Crippen molar-refractivity contribution in [3.63, 3.8) is 0 Å². The molecule has 0 N–H and O–H groups in total. The fraction of sp³-hybridized carbons (Fsp3) is 0.875. The summed E-state index contributed by atoms with van der Waals surface area (Å²) in [7, 11) is 0. The highest BCUT2D eigenvalue weighted by Crippen LogP contribution is 2.44. The van der Waals surface area contributed by atoms with Crippen LogP contribution >= 0.6 is 11.6 Å². The maximum atomic E-state index is 11.3. The van der Waals surface area contributed by atoms with Gasteiger partial charge in [-0.25, -0.2) is 0 Å². The van der Waals surface area contributed by atoms with Crippen molar-refractivity contribution in [2.45, 2.75) is 38.4 Å². The van der Waals surface area contributed by atoms with Crippen LogP contribution in [0.3, 0.4) is 0 Å². The summed E-state index contributed by atoms with van der Waals surface area (Å²) in [5.41, 5.74) is 0. The molecule has 0 radical (unpaired) electrons. The Morgan fingerprint density at radius 3 is 2.55 bits per heavy atom. The Balaban J connectivity index is 2.56. The van der Waals surface area contributed by atoms with E-state index in [4.69, 9.17) is 16.3 Å². The molecular weight excluding hydrogens is 164 g/mol. The molecule has 0 aliphatic carbocycles. The van der Waals surface area contributed by atoms with Gasteiger partial charge in [0.25, 0.3) is 0 Å². The molecule has 0 bridgehead atoms. The largest absolute Gasteiger partial charge is 0.342 e. The highest BCUT2D eigenvalue weighted by Gasteiger charge is 2.60. The lowest BCUT2D eigenvalue weighted by molar-refractivity contribution is -0.124. The smallest absolute Gasteiger partial charge is 0.227 e. The summed E-state index contributed by atoms with van der Waals surface area (Å²) in [6.45, 7) is 5.63. The number of ether oxygens (including phenoxy) is 1. The first-order valence-corrected chi connectivity index (χ1v) is 4.31. The van der Waals surface area contributed by atoms with E-state index in [2.05, 4.69) is 0 Å². The molecule has 0 aromatic rings. The summed E-state index contributed by atoms with van der Waals surface area (Å²) in [6, 6.07) is 0. The second-order valence-corrected chi connectivity index (χ2v) is 3.74. The maximum absolute atomic E-state index is 11.3. The summed E-state index contributed by atoms with van der Waals surface area (Å²) < 4.78 is 5.09. The lowest BCUT2D eigenvalue weighted by atomic mass is 10.0. The molecule has 3 heteroatoms.